The molecule has 0 aliphatic carbocycles. The van der Waals surface area contributed by atoms with E-state index in [0.717, 1.165) is 15.8 Å². The normalized spacial score (nSPS) is 10.7. The number of aromatic nitrogens is 2. The van der Waals surface area contributed by atoms with Crippen molar-refractivity contribution in [1.82, 2.24) is 9.97 Å². The maximum absolute atomic E-state index is 12.9. The van der Waals surface area contributed by atoms with E-state index in [9.17, 15) is 9.59 Å². The van der Waals surface area contributed by atoms with Crippen molar-refractivity contribution < 1.29 is 9.59 Å². The van der Waals surface area contributed by atoms with Gasteiger partial charge in [0.15, 0.2) is 5.13 Å². The summed E-state index contributed by atoms with van der Waals surface area (Å²) in [6, 6.07) is 15.7. The number of nitrogens with one attached hydrogen (secondary N) is 2. The van der Waals surface area contributed by atoms with Gasteiger partial charge in [-0.15, -0.1) is 0 Å². The second-order valence-electron chi connectivity index (χ2n) is 6.30. The molecule has 0 saturated heterocycles. The van der Waals surface area contributed by atoms with Gasteiger partial charge in [0.2, 0.25) is 0 Å². The molecule has 8 heteroatoms. The molecular formula is C21H15ClN4O2S. The summed E-state index contributed by atoms with van der Waals surface area (Å²) in [6.07, 6.45) is 1.54. The zero-order valence-electron chi connectivity index (χ0n) is 15.3. The number of nitrogens with zero attached hydrogens (tertiary/aromatic N) is 2. The topological polar surface area (TPSA) is 84.0 Å². The summed E-state index contributed by atoms with van der Waals surface area (Å²) in [4.78, 5) is 33.8. The van der Waals surface area contributed by atoms with Gasteiger partial charge in [0, 0.05) is 11.2 Å². The number of anilines is 2. The molecule has 0 fully saturated rings. The molecule has 0 atom stereocenters. The molecule has 2 aromatic heterocycles. The number of hydrogen-bond donors (Lipinski definition) is 2. The lowest BCUT2D eigenvalue weighted by molar-refractivity contribution is 0.102. The number of pyridine rings is 1. The summed E-state index contributed by atoms with van der Waals surface area (Å²) in [6.45, 7) is 1.88. The molecule has 0 bridgehead atoms. The van der Waals surface area contributed by atoms with Gasteiger partial charge in [-0.1, -0.05) is 40.6 Å². The largest absolute Gasteiger partial charge is 0.320 e. The van der Waals surface area contributed by atoms with Gasteiger partial charge in [-0.25, -0.2) is 4.98 Å². The Morgan fingerprint density at radius 1 is 1.00 bits per heavy atom. The van der Waals surface area contributed by atoms with Crippen LogP contribution in [0.1, 0.15) is 26.4 Å². The molecule has 2 heterocycles. The second-order valence-corrected chi connectivity index (χ2v) is 7.77. The molecule has 0 radical (unpaired) electrons. The van der Waals surface area contributed by atoms with Gasteiger partial charge >= 0.3 is 0 Å². The number of benzene rings is 2. The predicted octanol–water partition coefficient (Wildman–Crippen LogP) is 5.16. The molecule has 2 amide bonds. The quantitative estimate of drug-likeness (QED) is 0.476. The molecule has 2 N–H and O–H groups in total. The molecule has 0 unspecified atom stereocenters. The van der Waals surface area contributed by atoms with Crippen LogP contribution < -0.4 is 10.6 Å². The van der Waals surface area contributed by atoms with E-state index in [2.05, 4.69) is 20.6 Å². The van der Waals surface area contributed by atoms with E-state index in [4.69, 9.17) is 11.6 Å². The van der Waals surface area contributed by atoms with Crippen LogP contribution in [0.25, 0.3) is 10.2 Å². The minimum absolute atomic E-state index is 0.266. The van der Waals surface area contributed by atoms with Crippen LogP contribution in [0.5, 0.6) is 0 Å². The van der Waals surface area contributed by atoms with Crippen molar-refractivity contribution in [2.24, 2.45) is 0 Å². The van der Waals surface area contributed by atoms with E-state index in [1.165, 1.54) is 17.5 Å². The number of rotatable bonds is 4. The molecule has 0 spiro atoms. The van der Waals surface area contributed by atoms with Crippen molar-refractivity contribution in [3.63, 3.8) is 0 Å². The van der Waals surface area contributed by atoms with Gasteiger partial charge in [0.25, 0.3) is 11.8 Å². The number of amides is 2. The second kappa shape index (κ2) is 7.98. The van der Waals surface area contributed by atoms with Crippen molar-refractivity contribution in [3.8, 4) is 0 Å². The third kappa shape index (κ3) is 4.26. The number of aryl methyl sites for hydroxylation is 1. The Morgan fingerprint density at radius 2 is 1.86 bits per heavy atom. The highest BCUT2D eigenvalue weighted by Gasteiger charge is 2.17. The predicted molar refractivity (Wildman–Crippen MR) is 116 cm³/mol. The highest BCUT2D eigenvalue weighted by Crippen LogP contribution is 2.29. The minimum atomic E-state index is -0.391. The van der Waals surface area contributed by atoms with E-state index >= 15 is 0 Å². The summed E-state index contributed by atoms with van der Waals surface area (Å²) in [5.41, 5.74) is 2.65. The Kier molecular flexibility index (Phi) is 5.24. The molecule has 0 aliphatic rings. The zero-order valence-corrected chi connectivity index (χ0v) is 16.8. The number of halogens is 1. The first-order valence-corrected chi connectivity index (χ1v) is 9.89. The summed E-state index contributed by atoms with van der Waals surface area (Å²) >= 11 is 7.34. The summed E-state index contributed by atoms with van der Waals surface area (Å²) in [7, 11) is 0. The Hall–Kier alpha value is -3.29. The van der Waals surface area contributed by atoms with E-state index in [0.29, 0.717) is 21.4 Å². The van der Waals surface area contributed by atoms with Crippen molar-refractivity contribution in [1.29, 1.82) is 0 Å². The summed E-state index contributed by atoms with van der Waals surface area (Å²) in [5, 5.41) is 6.63. The van der Waals surface area contributed by atoms with Crippen molar-refractivity contribution in [3.05, 3.63) is 82.6 Å². The first-order valence-electron chi connectivity index (χ1n) is 8.70. The molecular weight excluding hydrogens is 408 g/mol. The molecule has 144 valence electrons. The number of thiazole rings is 1. The highest BCUT2D eigenvalue weighted by molar-refractivity contribution is 7.22. The van der Waals surface area contributed by atoms with Crippen LogP contribution in [-0.2, 0) is 0 Å². The highest BCUT2D eigenvalue weighted by atomic mass is 35.5. The lowest BCUT2D eigenvalue weighted by atomic mass is 10.1. The van der Waals surface area contributed by atoms with Gasteiger partial charge in [-0.05, 0) is 49.4 Å². The van der Waals surface area contributed by atoms with Gasteiger partial charge < -0.3 is 5.32 Å². The van der Waals surface area contributed by atoms with Crippen LogP contribution in [0, 0.1) is 6.92 Å². The van der Waals surface area contributed by atoms with Crippen molar-refractivity contribution in [2.75, 3.05) is 10.6 Å². The molecule has 0 saturated carbocycles. The standard InChI is InChI=1S/C21H15ClN4O2S/c1-12-5-7-15(24-20(28)17-4-2-3-9-23-17)14(10-12)19(27)26-21-25-16-8-6-13(22)11-18(16)29-21/h2-11H,1H3,(H,24,28)(H,25,26,27). The SMILES string of the molecule is Cc1ccc(NC(=O)c2ccccn2)c(C(=O)Nc2nc3ccc(Cl)cc3s2)c1. The van der Waals surface area contributed by atoms with Crippen LogP contribution in [0.4, 0.5) is 10.8 Å². The van der Waals surface area contributed by atoms with Gasteiger partial charge in [-0.3, -0.25) is 19.9 Å². The first kappa shape index (κ1) is 19.0. The van der Waals surface area contributed by atoms with E-state index in [1.54, 1.807) is 48.5 Å². The van der Waals surface area contributed by atoms with Crippen LogP contribution in [0.3, 0.4) is 0 Å². The van der Waals surface area contributed by atoms with Gasteiger partial charge in [0.05, 0.1) is 21.5 Å². The average molecular weight is 423 g/mol. The van der Waals surface area contributed by atoms with Crippen LogP contribution in [0.2, 0.25) is 5.02 Å². The number of carbonyl (C=O) groups is 2. The molecule has 2 aromatic carbocycles. The van der Waals surface area contributed by atoms with Crippen LogP contribution >= 0.6 is 22.9 Å². The minimum Gasteiger partial charge on any atom is -0.320 e. The monoisotopic (exact) mass is 422 g/mol. The fourth-order valence-electron chi connectivity index (χ4n) is 2.75. The fraction of sp³-hybridized carbons (Fsp3) is 0.0476. The molecule has 6 nitrogen and oxygen atoms in total. The summed E-state index contributed by atoms with van der Waals surface area (Å²) in [5.74, 6) is -0.756. The third-order valence-corrected chi connectivity index (χ3v) is 5.31. The number of carbonyl (C=O) groups excluding carboxylic acids is 2. The lowest BCUT2D eigenvalue weighted by Crippen LogP contribution is -2.19. The molecule has 0 aliphatic heterocycles. The molecule has 4 aromatic rings. The maximum atomic E-state index is 12.9. The van der Waals surface area contributed by atoms with Gasteiger partial charge in [-0.2, -0.15) is 0 Å². The Labute approximate surface area is 175 Å². The smallest absolute Gasteiger partial charge is 0.274 e. The van der Waals surface area contributed by atoms with E-state index < -0.39 is 5.91 Å². The van der Waals surface area contributed by atoms with Crippen LogP contribution in [0.15, 0.2) is 60.8 Å². The maximum Gasteiger partial charge on any atom is 0.274 e. The van der Waals surface area contributed by atoms with Gasteiger partial charge in [0.1, 0.15) is 5.69 Å². The zero-order chi connectivity index (χ0) is 20.4. The average Bonchev–Trinajstić information content (AvgIpc) is 3.11. The number of fused-ring (bicyclic) bond motifs is 1. The van der Waals surface area contributed by atoms with E-state index in [-0.39, 0.29) is 11.6 Å². The molecule has 29 heavy (non-hydrogen) atoms. The molecule has 4 rings (SSSR count). The van der Waals surface area contributed by atoms with E-state index in [1.807, 2.05) is 13.0 Å². The summed E-state index contributed by atoms with van der Waals surface area (Å²) < 4.78 is 0.876. The number of hydrogen-bond acceptors (Lipinski definition) is 5. The Bertz CT molecular complexity index is 1220. The third-order valence-electron chi connectivity index (χ3n) is 4.14. The Balaban J connectivity index is 1.60. The Morgan fingerprint density at radius 3 is 2.66 bits per heavy atom. The van der Waals surface area contributed by atoms with Crippen molar-refractivity contribution in [2.45, 2.75) is 6.92 Å². The van der Waals surface area contributed by atoms with Crippen molar-refractivity contribution >= 4 is 55.8 Å². The van der Waals surface area contributed by atoms with Crippen LogP contribution in [-0.4, -0.2) is 21.8 Å². The first-order chi connectivity index (χ1) is 14.0. The lowest BCUT2D eigenvalue weighted by Gasteiger charge is -2.11. The fourth-order valence-corrected chi connectivity index (χ4v) is 3.89.